The van der Waals surface area contributed by atoms with Crippen molar-refractivity contribution in [1.29, 1.82) is 0 Å². The van der Waals surface area contributed by atoms with Gasteiger partial charge in [0.05, 0.1) is 11.6 Å². The number of aromatic nitrogens is 3. The Hall–Kier alpha value is -2.17. The van der Waals surface area contributed by atoms with Gasteiger partial charge in [0.2, 0.25) is 0 Å². The molecule has 1 aliphatic rings. The molecule has 1 aliphatic carbocycles. The summed E-state index contributed by atoms with van der Waals surface area (Å²) in [6.07, 6.45) is 5.82. The van der Waals surface area contributed by atoms with Gasteiger partial charge in [0.1, 0.15) is 0 Å². The number of fused-ring (bicyclic) bond motifs is 1. The van der Waals surface area contributed by atoms with Crippen LogP contribution in [-0.2, 0) is 11.2 Å². The number of pyridine rings is 1. The lowest BCUT2D eigenvalue weighted by atomic mass is 9.84. The SMILES string of the molecule is O=C(O)[C@@H]1CCCc2[nH]nc(-c3ccncc3)c21. The van der Waals surface area contributed by atoms with Crippen molar-refractivity contribution >= 4 is 5.97 Å². The Labute approximate surface area is 104 Å². The molecule has 0 unspecified atom stereocenters. The molecule has 0 saturated heterocycles. The third-order valence-corrected chi connectivity index (χ3v) is 3.40. The van der Waals surface area contributed by atoms with Crippen LogP contribution in [0.3, 0.4) is 0 Å². The Bertz CT molecular complexity index is 577. The Morgan fingerprint density at radius 3 is 2.89 bits per heavy atom. The predicted molar refractivity (Wildman–Crippen MR) is 65.1 cm³/mol. The molecular formula is C13H13N3O2. The number of carbonyl (C=O) groups is 1. The third-order valence-electron chi connectivity index (χ3n) is 3.40. The highest BCUT2D eigenvalue weighted by Gasteiger charge is 2.31. The predicted octanol–water partition coefficient (Wildman–Crippen LogP) is 1.98. The molecule has 5 heteroatoms. The van der Waals surface area contributed by atoms with E-state index in [1.165, 1.54) is 0 Å². The molecule has 2 aromatic rings. The highest BCUT2D eigenvalue weighted by Crippen LogP contribution is 2.37. The number of aryl methyl sites for hydroxylation is 1. The van der Waals surface area contributed by atoms with Crippen molar-refractivity contribution in [3.8, 4) is 11.3 Å². The lowest BCUT2D eigenvalue weighted by Crippen LogP contribution is -2.17. The molecular weight excluding hydrogens is 230 g/mol. The van der Waals surface area contributed by atoms with Crippen molar-refractivity contribution in [2.45, 2.75) is 25.2 Å². The maximum Gasteiger partial charge on any atom is 0.311 e. The zero-order chi connectivity index (χ0) is 12.5. The van der Waals surface area contributed by atoms with Crippen LogP contribution in [0.4, 0.5) is 0 Å². The molecule has 0 radical (unpaired) electrons. The van der Waals surface area contributed by atoms with E-state index in [9.17, 15) is 9.90 Å². The van der Waals surface area contributed by atoms with Gasteiger partial charge in [0, 0.05) is 29.2 Å². The molecule has 92 valence electrons. The number of nitrogens with one attached hydrogen (secondary N) is 1. The third kappa shape index (κ3) is 1.68. The molecule has 2 heterocycles. The molecule has 2 aromatic heterocycles. The fraction of sp³-hybridized carbons (Fsp3) is 0.308. The van der Waals surface area contributed by atoms with Gasteiger partial charge >= 0.3 is 5.97 Å². The van der Waals surface area contributed by atoms with Crippen LogP contribution in [-0.4, -0.2) is 26.3 Å². The number of hydrogen-bond acceptors (Lipinski definition) is 3. The lowest BCUT2D eigenvalue weighted by Gasteiger charge is -2.19. The first kappa shape index (κ1) is 11.0. The van der Waals surface area contributed by atoms with Crippen LogP contribution in [0.25, 0.3) is 11.3 Å². The van der Waals surface area contributed by atoms with E-state index in [-0.39, 0.29) is 0 Å². The number of carboxylic acid groups (broad SMARTS) is 1. The van der Waals surface area contributed by atoms with E-state index in [1.54, 1.807) is 12.4 Å². The van der Waals surface area contributed by atoms with Crippen LogP contribution < -0.4 is 0 Å². The van der Waals surface area contributed by atoms with Gasteiger partial charge in [-0.3, -0.25) is 14.9 Å². The van der Waals surface area contributed by atoms with Gasteiger partial charge in [-0.25, -0.2) is 0 Å². The number of rotatable bonds is 2. The van der Waals surface area contributed by atoms with Gasteiger partial charge in [-0.15, -0.1) is 0 Å². The second-order valence-electron chi connectivity index (χ2n) is 4.48. The zero-order valence-corrected chi connectivity index (χ0v) is 9.76. The summed E-state index contributed by atoms with van der Waals surface area (Å²) in [5.74, 6) is -1.22. The fourth-order valence-corrected chi connectivity index (χ4v) is 2.56. The molecule has 18 heavy (non-hydrogen) atoms. The minimum absolute atomic E-state index is 0.448. The van der Waals surface area contributed by atoms with E-state index in [1.807, 2.05) is 12.1 Å². The first-order chi connectivity index (χ1) is 8.77. The first-order valence-electron chi connectivity index (χ1n) is 5.97. The minimum Gasteiger partial charge on any atom is -0.481 e. The number of hydrogen-bond donors (Lipinski definition) is 2. The van der Waals surface area contributed by atoms with Crippen LogP contribution in [0.1, 0.15) is 30.0 Å². The second-order valence-corrected chi connectivity index (χ2v) is 4.48. The van der Waals surface area contributed by atoms with Crippen molar-refractivity contribution in [2.75, 3.05) is 0 Å². The van der Waals surface area contributed by atoms with Crippen LogP contribution in [0.15, 0.2) is 24.5 Å². The molecule has 0 aliphatic heterocycles. The van der Waals surface area contributed by atoms with E-state index >= 15 is 0 Å². The molecule has 1 atom stereocenters. The summed E-state index contributed by atoms with van der Waals surface area (Å²) < 4.78 is 0. The monoisotopic (exact) mass is 243 g/mol. The van der Waals surface area contributed by atoms with Gasteiger partial charge in [0.15, 0.2) is 0 Å². The van der Waals surface area contributed by atoms with Crippen LogP contribution >= 0.6 is 0 Å². The Kier molecular flexibility index (Phi) is 2.59. The molecule has 5 nitrogen and oxygen atoms in total. The molecule has 0 bridgehead atoms. The molecule has 0 saturated carbocycles. The van der Waals surface area contributed by atoms with Crippen molar-refractivity contribution in [3.05, 3.63) is 35.8 Å². The largest absolute Gasteiger partial charge is 0.481 e. The quantitative estimate of drug-likeness (QED) is 0.845. The maximum atomic E-state index is 11.3. The van der Waals surface area contributed by atoms with E-state index in [0.717, 1.165) is 35.4 Å². The van der Waals surface area contributed by atoms with E-state index in [4.69, 9.17) is 0 Å². The molecule has 0 aromatic carbocycles. The van der Waals surface area contributed by atoms with Gasteiger partial charge < -0.3 is 5.11 Å². The van der Waals surface area contributed by atoms with E-state index in [2.05, 4.69) is 15.2 Å². The number of aromatic amines is 1. The Morgan fingerprint density at radius 2 is 2.17 bits per heavy atom. The number of nitrogens with zero attached hydrogens (tertiary/aromatic N) is 2. The average Bonchev–Trinajstić information content (AvgIpc) is 2.83. The highest BCUT2D eigenvalue weighted by molar-refractivity contribution is 5.81. The van der Waals surface area contributed by atoms with Crippen molar-refractivity contribution in [2.24, 2.45) is 0 Å². The van der Waals surface area contributed by atoms with Gasteiger partial charge in [-0.1, -0.05) is 0 Å². The van der Waals surface area contributed by atoms with Crippen molar-refractivity contribution < 1.29 is 9.90 Å². The summed E-state index contributed by atoms with van der Waals surface area (Å²) >= 11 is 0. The number of carboxylic acids is 1. The molecule has 3 rings (SSSR count). The lowest BCUT2D eigenvalue weighted by molar-refractivity contribution is -0.139. The summed E-state index contributed by atoms with van der Waals surface area (Å²) in [7, 11) is 0. The normalized spacial score (nSPS) is 18.3. The van der Waals surface area contributed by atoms with Crippen LogP contribution in [0, 0.1) is 0 Å². The molecule has 0 spiro atoms. The summed E-state index contributed by atoms with van der Waals surface area (Å²) in [6, 6.07) is 3.70. The minimum atomic E-state index is -0.771. The zero-order valence-electron chi connectivity index (χ0n) is 9.76. The summed E-state index contributed by atoms with van der Waals surface area (Å²) in [6.45, 7) is 0. The molecule has 0 amide bonds. The summed E-state index contributed by atoms with van der Waals surface area (Å²) in [5.41, 5.74) is 3.47. The van der Waals surface area contributed by atoms with Crippen molar-refractivity contribution in [3.63, 3.8) is 0 Å². The van der Waals surface area contributed by atoms with E-state index < -0.39 is 11.9 Å². The van der Waals surface area contributed by atoms with Crippen LogP contribution in [0.2, 0.25) is 0 Å². The molecule has 0 fully saturated rings. The Morgan fingerprint density at radius 1 is 1.39 bits per heavy atom. The summed E-state index contributed by atoms with van der Waals surface area (Å²) in [5, 5.41) is 16.6. The second kappa shape index (κ2) is 4.25. The number of H-pyrrole nitrogens is 1. The van der Waals surface area contributed by atoms with Crippen molar-refractivity contribution in [1.82, 2.24) is 15.2 Å². The maximum absolute atomic E-state index is 11.3. The number of aliphatic carboxylic acids is 1. The van der Waals surface area contributed by atoms with Crippen LogP contribution in [0.5, 0.6) is 0 Å². The smallest absolute Gasteiger partial charge is 0.311 e. The average molecular weight is 243 g/mol. The van der Waals surface area contributed by atoms with E-state index in [0.29, 0.717) is 6.42 Å². The summed E-state index contributed by atoms with van der Waals surface area (Å²) in [4.78, 5) is 15.3. The first-order valence-corrected chi connectivity index (χ1v) is 5.97. The highest BCUT2D eigenvalue weighted by atomic mass is 16.4. The topological polar surface area (TPSA) is 78.9 Å². The molecule has 2 N–H and O–H groups in total. The fourth-order valence-electron chi connectivity index (χ4n) is 2.56. The van der Waals surface area contributed by atoms with Gasteiger partial charge in [0.25, 0.3) is 0 Å². The van der Waals surface area contributed by atoms with Gasteiger partial charge in [-0.2, -0.15) is 5.10 Å². The Balaban J connectivity index is 2.13. The standard InChI is InChI=1S/C13H13N3O2/c17-13(18)9-2-1-3-10-11(9)12(16-15-10)8-4-6-14-7-5-8/h4-7,9H,1-3H2,(H,15,16)(H,17,18)/t9-/m1/s1. The van der Waals surface area contributed by atoms with Gasteiger partial charge in [-0.05, 0) is 31.4 Å².